The minimum absolute atomic E-state index is 0.0739. The number of nitrogens with zero attached hydrogens (tertiary/aromatic N) is 2. The quantitative estimate of drug-likeness (QED) is 0.166. The van der Waals surface area contributed by atoms with E-state index >= 15 is 0 Å². The summed E-state index contributed by atoms with van der Waals surface area (Å²) in [5.74, 6) is 0. The highest BCUT2D eigenvalue weighted by Gasteiger charge is 2.23. The first-order valence-corrected chi connectivity index (χ1v) is 22.2. The van der Waals surface area contributed by atoms with Crippen molar-refractivity contribution in [3.8, 4) is 44.6 Å². The Morgan fingerprint density at radius 1 is 0.359 bits per heavy atom. The van der Waals surface area contributed by atoms with Gasteiger partial charge in [-0.2, -0.15) is 0 Å². The van der Waals surface area contributed by atoms with Crippen molar-refractivity contribution in [1.29, 1.82) is 0 Å². The van der Waals surface area contributed by atoms with E-state index in [9.17, 15) is 0 Å². The van der Waals surface area contributed by atoms with E-state index in [0.29, 0.717) is 0 Å². The van der Waals surface area contributed by atoms with Gasteiger partial charge in [0.2, 0.25) is 0 Å². The molecule has 0 saturated carbocycles. The summed E-state index contributed by atoms with van der Waals surface area (Å²) in [7, 11) is 0. The number of benzene rings is 9. The molecule has 0 unspecified atom stereocenters. The summed E-state index contributed by atoms with van der Waals surface area (Å²) in [6, 6.07) is 58.9. The van der Waals surface area contributed by atoms with Crippen LogP contribution in [-0.4, -0.2) is 9.97 Å². The van der Waals surface area contributed by atoms with E-state index in [0.717, 1.165) is 110 Å². The van der Waals surface area contributed by atoms with E-state index in [1.807, 2.05) is 30.5 Å². The Morgan fingerprint density at radius 3 is 1.38 bits per heavy atom. The molecule has 4 heteroatoms. The second kappa shape index (κ2) is 14.0. The van der Waals surface area contributed by atoms with Crippen molar-refractivity contribution in [1.82, 2.24) is 9.97 Å². The number of furan rings is 2. The Hall–Kier alpha value is -7.56. The summed E-state index contributed by atoms with van der Waals surface area (Å²) >= 11 is 0. The molecule has 3 aromatic heterocycles. The molecular formula is C60H46N2O2. The number of hydrogen-bond acceptors (Lipinski definition) is 4. The fourth-order valence-electron chi connectivity index (χ4n) is 9.68. The van der Waals surface area contributed by atoms with Crippen LogP contribution in [0.4, 0.5) is 0 Å². The molecule has 64 heavy (non-hydrogen) atoms. The van der Waals surface area contributed by atoms with Crippen LogP contribution in [0.2, 0.25) is 0 Å². The lowest BCUT2D eigenvalue weighted by Crippen LogP contribution is -2.10. The summed E-state index contributed by atoms with van der Waals surface area (Å²) in [4.78, 5) is 10.9. The minimum atomic E-state index is 0.0739. The molecule has 9 aromatic carbocycles. The molecule has 4 nitrogen and oxygen atoms in total. The Bertz CT molecular complexity index is 3750. The van der Waals surface area contributed by atoms with Crippen molar-refractivity contribution in [3.05, 3.63) is 181 Å². The van der Waals surface area contributed by atoms with Gasteiger partial charge in [0.15, 0.2) is 0 Å². The molecule has 0 saturated heterocycles. The maximum atomic E-state index is 6.68. The lowest BCUT2D eigenvalue weighted by atomic mass is 9.86. The predicted octanol–water partition coefficient (Wildman–Crippen LogP) is 17.0. The van der Waals surface area contributed by atoms with E-state index in [2.05, 4.69) is 181 Å². The molecule has 308 valence electrons. The van der Waals surface area contributed by atoms with Crippen LogP contribution < -0.4 is 0 Å². The third-order valence-corrected chi connectivity index (χ3v) is 13.2. The molecule has 0 aliphatic carbocycles. The first-order chi connectivity index (χ1) is 31.0. The molecule has 0 atom stereocenters. The van der Waals surface area contributed by atoms with Gasteiger partial charge in [-0.05, 0) is 96.9 Å². The molecule has 3 heterocycles. The molecule has 0 bridgehead atoms. The van der Waals surface area contributed by atoms with Gasteiger partial charge in [0, 0.05) is 37.9 Å². The summed E-state index contributed by atoms with van der Waals surface area (Å²) in [6.07, 6.45) is 1.94. The van der Waals surface area contributed by atoms with Crippen molar-refractivity contribution in [2.45, 2.75) is 52.4 Å². The van der Waals surface area contributed by atoms with Crippen LogP contribution >= 0.6 is 0 Å². The molecule has 0 N–H and O–H groups in total. The highest BCUT2D eigenvalue weighted by atomic mass is 16.3. The molecule has 0 fully saturated rings. The molecule has 0 radical (unpaired) electrons. The minimum Gasteiger partial charge on any atom is -0.455 e. The van der Waals surface area contributed by atoms with Gasteiger partial charge in [0.05, 0.1) is 28.5 Å². The zero-order valence-electron chi connectivity index (χ0n) is 36.9. The second-order valence-corrected chi connectivity index (χ2v) is 19.4. The zero-order valence-corrected chi connectivity index (χ0v) is 36.9. The molecule has 0 spiro atoms. The topological polar surface area (TPSA) is 52.1 Å². The van der Waals surface area contributed by atoms with E-state index in [-0.39, 0.29) is 10.8 Å². The van der Waals surface area contributed by atoms with Gasteiger partial charge in [-0.25, -0.2) is 4.98 Å². The third kappa shape index (κ3) is 6.12. The Kier molecular flexibility index (Phi) is 8.33. The largest absolute Gasteiger partial charge is 0.455 e. The highest BCUT2D eigenvalue weighted by molar-refractivity contribution is 6.25. The monoisotopic (exact) mass is 826 g/mol. The Labute approximate surface area is 371 Å². The summed E-state index contributed by atoms with van der Waals surface area (Å²) < 4.78 is 13.4. The zero-order chi connectivity index (χ0) is 43.5. The van der Waals surface area contributed by atoms with Crippen LogP contribution in [0.25, 0.3) is 121 Å². The molecule has 0 aliphatic heterocycles. The van der Waals surface area contributed by atoms with Crippen LogP contribution in [-0.2, 0) is 10.8 Å². The summed E-state index contributed by atoms with van der Waals surface area (Å²) in [6.45, 7) is 13.5. The van der Waals surface area contributed by atoms with Gasteiger partial charge in [0.25, 0.3) is 0 Å². The van der Waals surface area contributed by atoms with Crippen LogP contribution in [0, 0.1) is 0 Å². The summed E-state index contributed by atoms with van der Waals surface area (Å²) in [5, 5.41) is 8.75. The number of hydrogen-bond donors (Lipinski definition) is 0. The van der Waals surface area contributed by atoms with Crippen LogP contribution in [0.1, 0.15) is 52.7 Å². The van der Waals surface area contributed by atoms with E-state index in [1.54, 1.807) is 0 Å². The normalized spacial score (nSPS) is 12.5. The number of rotatable bonds is 4. The molecule has 12 rings (SSSR count). The Balaban J connectivity index is 1.07. The first kappa shape index (κ1) is 38.1. The van der Waals surface area contributed by atoms with Crippen LogP contribution in [0.15, 0.2) is 179 Å². The average Bonchev–Trinajstić information content (AvgIpc) is 3.88. The lowest BCUT2D eigenvalue weighted by Gasteiger charge is -2.19. The van der Waals surface area contributed by atoms with Gasteiger partial charge in [0.1, 0.15) is 22.3 Å². The predicted molar refractivity (Wildman–Crippen MR) is 268 cm³/mol. The van der Waals surface area contributed by atoms with Crippen LogP contribution in [0.5, 0.6) is 0 Å². The van der Waals surface area contributed by atoms with Crippen molar-refractivity contribution in [3.63, 3.8) is 0 Å². The van der Waals surface area contributed by atoms with Gasteiger partial charge >= 0.3 is 0 Å². The molecular weight excluding hydrogens is 781 g/mol. The standard InChI is InChI=1S/C60H46N2O2/c1-59(2,3)41-24-18-35(19-25-41)37-22-28-43-44-29-23-38(36-20-26-42(27-21-36)60(4,5)6)32-48(44)56-55(47(43)31-37)61-34-51(62-56)39-12-11-13-40(30-39)54-57-49(45-14-7-9-16-52(45)63-57)33-50-46-15-8-10-17-53(46)64-58(50)54/h7-34H,1-6H3. The number of para-hydroxylation sites is 2. The van der Waals surface area contributed by atoms with Crippen LogP contribution in [0.3, 0.4) is 0 Å². The third-order valence-electron chi connectivity index (χ3n) is 13.2. The Morgan fingerprint density at radius 2 is 0.844 bits per heavy atom. The van der Waals surface area contributed by atoms with E-state index in [4.69, 9.17) is 18.8 Å². The maximum absolute atomic E-state index is 6.68. The average molecular weight is 827 g/mol. The van der Waals surface area contributed by atoms with Crippen molar-refractivity contribution < 1.29 is 8.83 Å². The molecule has 12 aromatic rings. The first-order valence-electron chi connectivity index (χ1n) is 22.2. The van der Waals surface area contributed by atoms with Crippen molar-refractivity contribution in [2.24, 2.45) is 0 Å². The van der Waals surface area contributed by atoms with Gasteiger partial charge in [-0.3, -0.25) is 4.98 Å². The van der Waals surface area contributed by atoms with Crippen molar-refractivity contribution in [2.75, 3.05) is 0 Å². The van der Waals surface area contributed by atoms with E-state index < -0.39 is 0 Å². The second-order valence-electron chi connectivity index (χ2n) is 19.4. The highest BCUT2D eigenvalue weighted by Crippen LogP contribution is 2.45. The number of aromatic nitrogens is 2. The van der Waals surface area contributed by atoms with Gasteiger partial charge in [-0.15, -0.1) is 0 Å². The fraction of sp³-hybridized carbons (Fsp3) is 0.133. The summed E-state index contributed by atoms with van der Waals surface area (Å²) in [5.41, 5.74) is 16.2. The fourth-order valence-corrected chi connectivity index (χ4v) is 9.68. The smallest absolute Gasteiger partial charge is 0.147 e. The maximum Gasteiger partial charge on any atom is 0.147 e. The SMILES string of the molecule is CC(C)(C)c1ccc(-c2ccc3c4ccc(-c5ccc(C(C)(C)C)cc5)cc4c4nc(-c5cccc(-c6c7oc8ccccc8c7cc7c6oc6ccccc67)c5)cnc4c3c2)cc1. The van der Waals surface area contributed by atoms with Gasteiger partial charge in [-0.1, -0.05) is 169 Å². The number of fused-ring (bicyclic) bond motifs is 12. The lowest BCUT2D eigenvalue weighted by molar-refractivity contribution is 0.590. The van der Waals surface area contributed by atoms with E-state index in [1.165, 1.54) is 22.3 Å². The molecule has 0 amide bonds. The van der Waals surface area contributed by atoms with Crippen molar-refractivity contribution >= 4 is 76.5 Å². The molecule has 0 aliphatic rings. The van der Waals surface area contributed by atoms with Gasteiger partial charge < -0.3 is 8.83 Å².